The normalized spacial score (nSPS) is 13.6. The van der Waals surface area contributed by atoms with Gasteiger partial charge in [0.25, 0.3) is 6.71 Å². The van der Waals surface area contributed by atoms with Crippen molar-refractivity contribution in [3.63, 3.8) is 0 Å². The second kappa shape index (κ2) is 28.1. The molecule has 594 valence electrons. The van der Waals surface area contributed by atoms with Crippen molar-refractivity contribution >= 4 is 123 Å². The van der Waals surface area contributed by atoms with Crippen LogP contribution in [0.5, 0.6) is 0 Å². The average Bonchev–Trinajstić information content (AvgIpc) is 1.21. The predicted molar refractivity (Wildman–Crippen MR) is 524 cm³/mol. The van der Waals surface area contributed by atoms with E-state index in [1.807, 2.05) is 0 Å². The van der Waals surface area contributed by atoms with Gasteiger partial charge >= 0.3 is 0 Å². The molecule has 0 aliphatic carbocycles. The van der Waals surface area contributed by atoms with Crippen molar-refractivity contribution in [2.75, 3.05) is 9.80 Å². The lowest BCUT2D eigenvalue weighted by Gasteiger charge is -2.45. The van der Waals surface area contributed by atoms with Crippen LogP contribution in [0, 0.1) is 0 Å². The number of aromatic nitrogens is 3. The zero-order valence-electron chi connectivity index (χ0n) is 76.4. The number of hydrogen-bond acceptors (Lipinski definition) is 2. The number of rotatable bonds is 10. The summed E-state index contributed by atoms with van der Waals surface area (Å²) >= 11 is 0. The second-order valence-corrected chi connectivity index (χ2v) is 39.1. The summed E-state index contributed by atoms with van der Waals surface area (Å²) < 4.78 is 47.6. The van der Waals surface area contributed by atoms with Crippen LogP contribution in [0.2, 0.25) is 0 Å². The molecule has 0 atom stereocenters. The van der Waals surface area contributed by atoms with Gasteiger partial charge in [0.2, 0.25) is 0 Å². The molecule has 122 heavy (non-hydrogen) atoms. The van der Waals surface area contributed by atoms with Crippen LogP contribution in [0.25, 0.3) is 138 Å². The van der Waals surface area contributed by atoms with E-state index in [2.05, 4.69) is 449 Å². The average molecular weight is 1580 g/mol. The third-order valence-corrected chi connectivity index (χ3v) is 26.0. The number of hydrogen-bond donors (Lipinski definition) is 0. The van der Waals surface area contributed by atoms with Gasteiger partial charge in [0, 0.05) is 83.3 Å². The summed E-state index contributed by atoms with van der Waals surface area (Å²) in [7, 11) is 0. The standard InChI is InChI=1S/C116H102BN5/c1-112(2,3)81-49-55-103-95(65-81)96-66-82(113(4,5)6)50-56-104(96)119(103)87-51-54-99-107(70-87)122(111-93(75-38-24-18-25-39-75)67-85(116(13,14)15)68-94(111)76-40-26-19-27-41-76)109-72-89(120-102-47-33-30-44-92(102)97-69-86(52-57-105(97)120)118-100-45-31-28-42-90(100)91-43-29-32-46-101(91)118)71-108-110(109)117(99)98-53-48-77(80-59-83(114(7,8)9)64-84(60-80)115(10,11)12)63-106(98)121(108)88-61-78(73-34-20-16-21-35-73)58-79(62-88)74-36-22-17-23-37-74/h16-72H,1-15H3/i30D,33D,44D,47D. The van der Waals surface area contributed by atoms with Crippen molar-refractivity contribution in [3.05, 3.63) is 374 Å². The Labute approximate surface area is 724 Å². The molecule has 0 unspecified atom stereocenters. The van der Waals surface area contributed by atoms with E-state index in [1.54, 1.807) is 0 Å². The van der Waals surface area contributed by atoms with Gasteiger partial charge in [-0.3, -0.25) is 0 Å². The maximum Gasteiger partial charge on any atom is 0.252 e. The Morgan fingerprint density at radius 3 is 1.12 bits per heavy atom. The Morgan fingerprint density at radius 1 is 0.230 bits per heavy atom. The van der Waals surface area contributed by atoms with Crippen molar-refractivity contribution in [1.82, 2.24) is 13.7 Å². The molecule has 0 spiro atoms. The minimum atomic E-state index is -0.429. The van der Waals surface area contributed by atoms with E-state index in [9.17, 15) is 5.48 Å². The molecule has 2 aliphatic heterocycles. The van der Waals surface area contributed by atoms with Crippen LogP contribution in [-0.2, 0) is 27.1 Å². The lowest BCUT2D eigenvalue weighted by molar-refractivity contribution is 0.569. The lowest BCUT2D eigenvalue weighted by atomic mass is 9.33. The lowest BCUT2D eigenvalue weighted by Crippen LogP contribution is -2.61. The van der Waals surface area contributed by atoms with E-state index >= 15 is 0 Å². The van der Waals surface area contributed by atoms with Crippen LogP contribution in [0.1, 0.15) is 137 Å². The molecule has 21 rings (SSSR count). The van der Waals surface area contributed by atoms with Gasteiger partial charge in [-0.05, 0) is 237 Å². The molecule has 5 nitrogen and oxygen atoms in total. The summed E-state index contributed by atoms with van der Waals surface area (Å²) in [4.78, 5) is 5.19. The molecule has 2 aliphatic rings. The zero-order chi connectivity index (χ0) is 87.3. The zero-order valence-corrected chi connectivity index (χ0v) is 72.4. The number of anilines is 6. The summed E-state index contributed by atoms with van der Waals surface area (Å²) in [6.45, 7) is 34.3. The number of fused-ring (bicyclic) bond motifs is 13. The summed E-state index contributed by atoms with van der Waals surface area (Å²) in [5.41, 5.74) is 33.1. The monoisotopic (exact) mass is 1580 g/mol. The van der Waals surface area contributed by atoms with Crippen LogP contribution in [0.15, 0.2) is 346 Å². The molecular weight excluding hydrogens is 1470 g/mol. The van der Waals surface area contributed by atoms with Gasteiger partial charge < -0.3 is 23.5 Å². The fourth-order valence-corrected chi connectivity index (χ4v) is 19.5. The molecule has 19 aromatic rings. The third-order valence-electron chi connectivity index (χ3n) is 26.0. The van der Waals surface area contributed by atoms with Crippen molar-refractivity contribution in [3.8, 4) is 72.7 Å². The molecule has 0 amide bonds. The Morgan fingerprint density at radius 2 is 0.615 bits per heavy atom. The van der Waals surface area contributed by atoms with Crippen LogP contribution >= 0.6 is 0 Å². The molecule has 0 saturated heterocycles. The largest absolute Gasteiger partial charge is 0.311 e. The quantitative estimate of drug-likeness (QED) is 0.127. The first-order valence-corrected chi connectivity index (χ1v) is 43.2. The summed E-state index contributed by atoms with van der Waals surface area (Å²) in [5.74, 6) is 0. The Balaban J connectivity index is 0.967. The molecule has 0 fully saturated rings. The third kappa shape index (κ3) is 12.6. The minimum Gasteiger partial charge on any atom is -0.311 e. The highest BCUT2D eigenvalue weighted by molar-refractivity contribution is 7.00. The van der Waals surface area contributed by atoms with Gasteiger partial charge in [0.05, 0.1) is 50.0 Å². The van der Waals surface area contributed by atoms with Crippen LogP contribution in [0.4, 0.5) is 34.1 Å². The second-order valence-electron chi connectivity index (χ2n) is 39.1. The minimum absolute atomic E-state index is 0.107. The molecule has 6 heteroatoms. The Hall–Kier alpha value is -13.4. The molecule has 0 N–H and O–H groups in total. The topological polar surface area (TPSA) is 21.3 Å². The molecule has 0 radical (unpaired) electrons. The molecule has 16 aromatic carbocycles. The van der Waals surface area contributed by atoms with Gasteiger partial charge in [0.15, 0.2) is 0 Å². The fraction of sp³-hybridized carbons (Fsp3) is 0.172. The maximum atomic E-state index is 10.6. The highest BCUT2D eigenvalue weighted by atomic mass is 15.2. The highest BCUT2D eigenvalue weighted by Crippen LogP contribution is 2.55. The first-order valence-electron chi connectivity index (χ1n) is 45.2. The van der Waals surface area contributed by atoms with Gasteiger partial charge in [-0.1, -0.05) is 328 Å². The number of nitrogens with zero attached hydrogens (tertiary/aromatic N) is 5. The molecular formula is C116H102BN5. The predicted octanol–water partition coefficient (Wildman–Crippen LogP) is 29.9. The van der Waals surface area contributed by atoms with Crippen LogP contribution in [0.3, 0.4) is 0 Å². The number of benzene rings is 16. The smallest absolute Gasteiger partial charge is 0.252 e. The van der Waals surface area contributed by atoms with Crippen molar-refractivity contribution in [1.29, 1.82) is 0 Å². The van der Waals surface area contributed by atoms with Gasteiger partial charge in [-0.2, -0.15) is 0 Å². The molecule has 0 saturated carbocycles. The molecule has 0 bridgehead atoms. The van der Waals surface area contributed by atoms with Crippen molar-refractivity contribution in [2.24, 2.45) is 0 Å². The maximum absolute atomic E-state index is 10.6. The first-order chi connectivity index (χ1) is 60.3. The Bertz CT molecular complexity index is 7440. The van der Waals surface area contributed by atoms with E-state index in [4.69, 9.17) is 0 Å². The highest BCUT2D eigenvalue weighted by Gasteiger charge is 2.46. The van der Waals surface area contributed by atoms with E-state index in [0.29, 0.717) is 22.0 Å². The van der Waals surface area contributed by atoms with Crippen molar-refractivity contribution in [2.45, 2.75) is 131 Å². The van der Waals surface area contributed by atoms with Gasteiger partial charge in [-0.25, -0.2) is 0 Å². The summed E-state index contributed by atoms with van der Waals surface area (Å²) in [6.07, 6.45) is 0. The fourth-order valence-electron chi connectivity index (χ4n) is 19.5. The first kappa shape index (κ1) is 71.5. The summed E-state index contributed by atoms with van der Waals surface area (Å²) in [6, 6.07) is 119. The van der Waals surface area contributed by atoms with E-state index in [1.165, 1.54) is 38.6 Å². The van der Waals surface area contributed by atoms with E-state index in [0.717, 1.165) is 156 Å². The number of para-hydroxylation sites is 3. The SMILES string of the molecule is [2H]c1c([2H])c([2H])c2c(c1[2H])c1cc(-n3c4ccccc4c4ccccc43)ccc1n2-c1cc2c3c(c1)N(c1c(-c4ccccc4)cc(C(C)(C)C)cc1-c1ccccc1)c1cc(-n4c5ccc(C(C)(C)C)cc5c5cc(C(C)(C)C)ccc54)ccc1B3c1ccc(-c3cc(C(C)(C)C)cc(C(C)(C)C)c3)cc1N2c1cc(-c2ccccc2)cc(-c2ccccc2)c1. The summed E-state index contributed by atoms with van der Waals surface area (Å²) in [5, 5.41) is 5.76. The Kier molecular flexibility index (Phi) is 16.5. The van der Waals surface area contributed by atoms with E-state index < -0.39 is 6.71 Å². The molecule has 3 aromatic heterocycles. The van der Waals surface area contributed by atoms with Crippen molar-refractivity contribution < 1.29 is 5.48 Å². The van der Waals surface area contributed by atoms with E-state index in [-0.39, 0.29) is 51.2 Å². The van der Waals surface area contributed by atoms with Gasteiger partial charge in [0.1, 0.15) is 0 Å². The van der Waals surface area contributed by atoms with Crippen LogP contribution < -0.4 is 26.2 Å². The molecule has 5 heterocycles. The van der Waals surface area contributed by atoms with Crippen LogP contribution in [-0.4, -0.2) is 20.4 Å². The van der Waals surface area contributed by atoms with Gasteiger partial charge in [-0.15, -0.1) is 0 Å².